The molecule has 0 aromatic heterocycles. The Morgan fingerprint density at radius 2 is 1.00 bits per heavy atom. The van der Waals surface area contributed by atoms with Crippen molar-refractivity contribution in [3.63, 3.8) is 0 Å². The van der Waals surface area contributed by atoms with Gasteiger partial charge in [-0.15, -0.1) is 0 Å². The van der Waals surface area contributed by atoms with Crippen LogP contribution in [0, 0.1) is 0 Å². The highest BCUT2D eigenvalue weighted by atomic mass is 31.2. The van der Waals surface area contributed by atoms with Crippen LogP contribution in [0.1, 0.15) is 232 Å². The molecule has 0 aliphatic carbocycles. The normalized spacial score (nSPS) is 14.7. The van der Waals surface area contributed by atoms with E-state index in [1.165, 1.54) is 135 Å². The molecule has 0 bridgehead atoms. The van der Waals surface area contributed by atoms with Gasteiger partial charge in [0.1, 0.15) is 0 Å². The van der Waals surface area contributed by atoms with E-state index >= 15 is 0 Å². The first-order valence-electron chi connectivity index (χ1n) is 24.0. The van der Waals surface area contributed by atoms with E-state index in [4.69, 9.17) is 14.8 Å². The van der Waals surface area contributed by atoms with Gasteiger partial charge in [-0.2, -0.15) is 0 Å². The molecule has 4 atom stereocenters. The Bertz CT molecular complexity index is 966. The van der Waals surface area contributed by atoms with Crippen molar-refractivity contribution in [2.24, 2.45) is 5.73 Å². The summed E-state index contributed by atoms with van der Waals surface area (Å²) < 4.78 is 22.2. The third kappa shape index (κ3) is 41.5. The fraction of sp³-hybridized carbons (Fsp3) is 0.894. The number of phosphoric ester groups is 1. The van der Waals surface area contributed by atoms with Crippen LogP contribution in [-0.4, -0.2) is 59.0 Å². The highest BCUT2D eigenvalue weighted by Gasteiger charge is 2.28. The smallest absolute Gasteiger partial charge is 0.393 e. The molecule has 10 heteroatoms. The lowest BCUT2D eigenvalue weighted by Crippen LogP contribution is -2.47. The predicted octanol–water partition coefficient (Wildman–Crippen LogP) is 12.7. The Hall–Kier alpha value is -1.06. The molecule has 0 aromatic rings. The number of hydrogen-bond acceptors (Lipinski definition) is 7. The second-order valence-corrected chi connectivity index (χ2v) is 18.0. The lowest BCUT2D eigenvalue weighted by Gasteiger charge is -2.25. The van der Waals surface area contributed by atoms with E-state index in [0.717, 1.165) is 64.2 Å². The summed E-state index contributed by atoms with van der Waals surface area (Å²) in [5.74, 6) is -0.420. The highest BCUT2D eigenvalue weighted by Crippen LogP contribution is 2.43. The van der Waals surface area contributed by atoms with Gasteiger partial charge in [0.15, 0.2) is 0 Å². The third-order valence-electron chi connectivity index (χ3n) is 10.9. The molecule has 0 spiro atoms. The molecule has 0 saturated heterocycles. The molecule has 1 amide bonds. The SMILES string of the molecule is CCCCC/C=C\C/C=C\CCCCCCCC(O)CC(=O)NC(COP(=O)(O)OCCN)C(O)CCCCCCCCCCCCCCCCCCCCCC. The molecular weight excluding hydrogens is 735 g/mol. The molecular formula is C47H93N2O7P. The van der Waals surface area contributed by atoms with Gasteiger partial charge in [-0.3, -0.25) is 13.8 Å². The van der Waals surface area contributed by atoms with Crippen molar-refractivity contribution in [1.29, 1.82) is 0 Å². The van der Waals surface area contributed by atoms with Crippen molar-refractivity contribution in [1.82, 2.24) is 5.32 Å². The highest BCUT2D eigenvalue weighted by molar-refractivity contribution is 7.47. The number of phosphoric acid groups is 1. The molecule has 0 aliphatic heterocycles. The summed E-state index contributed by atoms with van der Waals surface area (Å²) in [5, 5.41) is 24.2. The number of rotatable bonds is 45. The molecule has 338 valence electrons. The van der Waals surface area contributed by atoms with Gasteiger partial charge in [0, 0.05) is 6.54 Å². The van der Waals surface area contributed by atoms with Crippen LogP contribution in [0.25, 0.3) is 0 Å². The number of nitrogens with two attached hydrogens (primary N) is 1. The van der Waals surface area contributed by atoms with Crippen molar-refractivity contribution >= 4 is 13.7 Å². The van der Waals surface area contributed by atoms with Crippen molar-refractivity contribution in [2.75, 3.05) is 19.8 Å². The first-order valence-corrected chi connectivity index (χ1v) is 25.5. The Morgan fingerprint density at radius 3 is 1.47 bits per heavy atom. The molecule has 0 heterocycles. The van der Waals surface area contributed by atoms with Crippen molar-refractivity contribution in [3.05, 3.63) is 24.3 Å². The van der Waals surface area contributed by atoms with E-state index in [-0.39, 0.29) is 26.2 Å². The van der Waals surface area contributed by atoms with Gasteiger partial charge in [-0.05, 0) is 44.9 Å². The molecule has 6 N–H and O–H groups in total. The molecule has 0 aromatic carbocycles. The average molecular weight is 829 g/mol. The molecule has 57 heavy (non-hydrogen) atoms. The second kappa shape index (κ2) is 43.0. The van der Waals surface area contributed by atoms with E-state index < -0.39 is 32.0 Å². The summed E-state index contributed by atoms with van der Waals surface area (Å²) in [5.41, 5.74) is 5.38. The van der Waals surface area contributed by atoms with Crippen LogP contribution in [0.2, 0.25) is 0 Å². The minimum Gasteiger partial charge on any atom is -0.393 e. The number of amides is 1. The van der Waals surface area contributed by atoms with E-state index in [2.05, 4.69) is 43.5 Å². The van der Waals surface area contributed by atoms with Crippen LogP contribution in [0.3, 0.4) is 0 Å². The van der Waals surface area contributed by atoms with E-state index in [1.807, 2.05) is 0 Å². The predicted molar refractivity (Wildman–Crippen MR) is 241 cm³/mol. The van der Waals surface area contributed by atoms with Gasteiger partial charge >= 0.3 is 7.82 Å². The van der Waals surface area contributed by atoms with Gasteiger partial charge in [-0.1, -0.05) is 205 Å². The third-order valence-corrected chi connectivity index (χ3v) is 11.8. The number of nitrogens with one attached hydrogen (secondary N) is 1. The number of aliphatic hydroxyl groups is 2. The standard InChI is InChI=1S/C47H93N2O7P/c1-3-5-7-9-11-13-15-17-19-20-21-22-23-25-27-29-31-33-35-37-39-46(51)45(43-56-57(53,54)55-41-40-48)49-47(52)42-44(50)38-36-34-32-30-28-26-24-18-16-14-12-10-8-6-4-2/h12,14,18,24,44-46,50-51H,3-11,13,15-17,19-23,25-43,48H2,1-2H3,(H,49,52)(H,53,54)/b14-12-,24-18-. The second-order valence-electron chi connectivity index (χ2n) is 16.5. The zero-order valence-corrected chi connectivity index (χ0v) is 38.1. The van der Waals surface area contributed by atoms with Crippen molar-refractivity contribution in [3.8, 4) is 0 Å². The Balaban J connectivity index is 4.20. The monoisotopic (exact) mass is 829 g/mol. The number of unbranched alkanes of at least 4 members (excludes halogenated alkanes) is 27. The maximum atomic E-state index is 12.9. The molecule has 0 saturated carbocycles. The Labute approximate surface area is 351 Å². The Morgan fingerprint density at radius 1 is 0.596 bits per heavy atom. The number of hydrogen-bond donors (Lipinski definition) is 5. The lowest BCUT2D eigenvalue weighted by molar-refractivity contribution is -0.125. The van der Waals surface area contributed by atoms with Crippen LogP contribution in [0.5, 0.6) is 0 Å². The first kappa shape index (κ1) is 55.9. The first-order chi connectivity index (χ1) is 27.8. The molecule has 0 radical (unpaired) electrons. The van der Waals surface area contributed by atoms with Gasteiger partial charge in [0.25, 0.3) is 0 Å². The summed E-state index contributed by atoms with van der Waals surface area (Å²) in [6.45, 7) is 4.03. The average Bonchev–Trinajstić information content (AvgIpc) is 3.19. The summed E-state index contributed by atoms with van der Waals surface area (Å²) in [6.07, 6.45) is 46.5. The minimum absolute atomic E-state index is 0.0583. The van der Waals surface area contributed by atoms with E-state index in [0.29, 0.717) is 12.8 Å². The number of carbonyl (C=O) groups excluding carboxylic acids is 1. The maximum Gasteiger partial charge on any atom is 0.472 e. The summed E-state index contributed by atoms with van der Waals surface area (Å²) in [4.78, 5) is 22.8. The molecule has 0 rings (SSSR count). The van der Waals surface area contributed by atoms with E-state index in [1.54, 1.807) is 0 Å². The maximum absolute atomic E-state index is 12.9. The van der Waals surface area contributed by atoms with Crippen LogP contribution in [0.15, 0.2) is 24.3 Å². The zero-order valence-electron chi connectivity index (χ0n) is 37.2. The lowest BCUT2D eigenvalue weighted by atomic mass is 10.0. The van der Waals surface area contributed by atoms with Crippen molar-refractivity contribution < 1.29 is 33.5 Å². The topological polar surface area (TPSA) is 151 Å². The van der Waals surface area contributed by atoms with Crippen molar-refractivity contribution in [2.45, 2.75) is 250 Å². The summed E-state index contributed by atoms with van der Waals surface area (Å²) in [6, 6.07) is -0.900. The largest absolute Gasteiger partial charge is 0.472 e. The fourth-order valence-electron chi connectivity index (χ4n) is 7.21. The Kier molecular flexibility index (Phi) is 42.2. The van der Waals surface area contributed by atoms with Crippen LogP contribution in [-0.2, 0) is 18.4 Å². The number of aliphatic hydroxyl groups excluding tert-OH is 2. The van der Waals surface area contributed by atoms with E-state index in [9.17, 15) is 24.5 Å². The van der Waals surface area contributed by atoms with Gasteiger partial charge in [0.05, 0.1) is 37.9 Å². The van der Waals surface area contributed by atoms with Crippen LogP contribution in [0.4, 0.5) is 0 Å². The van der Waals surface area contributed by atoms with Gasteiger partial charge < -0.3 is 26.2 Å². The molecule has 0 fully saturated rings. The molecule has 9 nitrogen and oxygen atoms in total. The molecule has 4 unspecified atom stereocenters. The van der Waals surface area contributed by atoms with Gasteiger partial charge in [0.2, 0.25) is 5.91 Å². The number of allylic oxidation sites excluding steroid dienone is 4. The zero-order chi connectivity index (χ0) is 41.9. The minimum atomic E-state index is -4.38. The quantitative estimate of drug-likeness (QED) is 0.0231. The van der Waals surface area contributed by atoms with Gasteiger partial charge in [-0.25, -0.2) is 4.57 Å². The van der Waals surface area contributed by atoms with Crippen LogP contribution >= 0.6 is 7.82 Å². The fourth-order valence-corrected chi connectivity index (χ4v) is 7.97. The summed E-state index contributed by atoms with van der Waals surface area (Å²) >= 11 is 0. The molecule has 0 aliphatic rings. The van der Waals surface area contributed by atoms with Crippen LogP contribution < -0.4 is 11.1 Å². The summed E-state index contributed by atoms with van der Waals surface area (Å²) in [7, 11) is -4.38. The number of carbonyl (C=O) groups is 1.